The minimum atomic E-state index is -0.757. The van der Waals surface area contributed by atoms with Crippen molar-refractivity contribution in [1.29, 1.82) is 5.26 Å². The summed E-state index contributed by atoms with van der Waals surface area (Å²) in [5.41, 5.74) is 0.777. The minimum absolute atomic E-state index is 0.0165. The third-order valence-electron chi connectivity index (χ3n) is 2.57. The van der Waals surface area contributed by atoms with Crippen molar-refractivity contribution < 1.29 is 9.18 Å². The highest BCUT2D eigenvalue weighted by Gasteiger charge is 2.23. The van der Waals surface area contributed by atoms with Gasteiger partial charge in [0.1, 0.15) is 11.7 Å². The molecule has 3 heteroatoms. The first-order chi connectivity index (χ1) is 7.95. The quantitative estimate of drug-likeness (QED) is 0.747. The Labute approximate surface area is 101 Å². The van der Waals surface area contributed by atoms with Gasteiger partial charge in [0.05, 0.1) is 11.6 Å². The number of ketones is 1. The number of nitrogens with zero attached hydrogens (tertiary/aromatic N) is 1. The van der Waals surface area contributed by atoms with Crippen molar-refractivity contribution in [2.24, 2.45) is 11.8 Å². The molecule has 1 aromatic rings. The van der Waals surface area contributed by atoms with Gasteiger partial charge in [-0.3, -0.25) is 4.79 Å². The zero-order valence-corrected chi connectivity index (χ0v) is 10.3. The maximum Gasteiger partial charge on any atom is 0.182 e. The second kappa shape index (κ2) is 5.58. The van der Waals surface area contributed by atoms with E-state index in [4.69, 9.17) is 5.26 Å². The molecule has 0 N–H and O–H groups in total. The van der Waals surface area contributed by atoms with Gasteiger partial charge in [0.15, 0.2) is 5.78 Å². The molecule has 0 radical (unpaired) electrons. The molecule has 0 saturated heterocycles. The number of halogens is 1. The van der Waals surface area contributed by atoms with Crippen LogP contribution in [0.5, 0.6) is 0 Å². The lowest BCUT2D eigenvalue weighted by atomic mass is 9.90. The Balaban J connectivity index is 2.99. The molecule has 0 saturated carbocycles. The molecule has 0 heterocycles. The molecule has 0 aromatic heterocycles. The van der Waals surface area contributed by atoms with Crippen LogP contribution in [-0.4, -0.2) is 5.78 Å². The highest BCUT2D eigenvalue weighted by atomic mass is 19.1. The number of hydrogen-bond acceptors (Lipinski definition) is 2. The van der Waals surface area contributed by atoms with E-state index in [9.17, 15) is 9.18 Å². The molecule has 17 heavy (non-hydrogen) atoms. The number of Topliss-reactive ketones (excluding diaryl/α,β-unsaturated/α-hetero) is 1. The Morgan fingerprint density at radius 2 is 2.12 bits per heavy atom. The van der Waals surface area contributed by atoms with Crippen LogP contribution in [0.1, 0.15) is 36.2 Å². The van der Waals surface area contributed by atoms with Crippen molar-refractivity contribution in [3.8, 4) is 6.07 Å². The van der Waals surface area contributed by atoms with Crippen molar-refractivity contribution in [3.63, 3.8) is 0 Å². The maximum atomic E-state index is 13.6. The van der Waals surface area contributed by atoms with Gasteiger partial charge in [-0.25, -0.2) is 4.39 Å². The lowest BCUT2D eigenvalue weighted by Gasteiger charge is -2.11. The average molecular weight is 233 g/mol. The number of benzene rings is 1. The van der Waals surface area contributed by atoms with Gasteiger partial charge in [-0.15, -0.1) is 0 Å². The first-order valence-electron chi connectivity index (χ1n) is 5.65. The fourth-order valence-electron chi connectivity index (χ4n) is 1.70. The Kier molecular flexibility index (Phi) is 4.39. The standard InChI is InChI=1S/C14H16FNO/c1-9(2)6-11(8-16)14(17)12-5-4-10(3)7-13(12)15/h4-5,7,9,11H,6H2,1-3H3. The number of rotatable bonds is 4. The zero-order valence-electron chi connectivity index (χ0n) is 10.3. The van der Waals surface area contributed by atoms with E-state index in [1.54, 1.807) is 13.0 Å². The van der Waals surface area contributed by atoms with E-state index < -0.39 is 17.5 Å². The summed E-state index contributed by atoms with van der Waals surface area (Å²) in [6.07, 6.45) is 0.461. The Morgan fingerprint density at radius 1 is 1.47 bits per heavy atom. The molecular formula is C14H16FNO. The molecule has 0 bridgehead atoms. The van der Waals surface area contributed by atoms with Crippen molar-refractivity contribution in [3.05, 3.63) is 35.1 Å². The lowest BCUT2D eigenvalue weighted by Crippen LogP contribution is -2.16. The molecule has 1 rings (SSSR count). The van der Waals surface area contributed by atoms with Crippen LogP contribution in [0.25, 0.3) is 0 Å². The summed E-state index contributed by atoms with van der Waals surface area (Å²) in [5.74, 6) is -1.48. The van der Waals surface area contributed by atoms with Gasteiger partial charge in [-0.2, -0.15) is 5.26 Å². The number of aryl methyl sites for hydroxylation is 1. The molecular weight excluding hydrogens is 217 g/mol. The van der Waals surface area contributed by atoms with Crippen LogP contribution in [-0.2, 0) is 0 Å². The molecule has 1 atom stereocenters. The molecule has 0 aliphatic rings. The predicted molar refractivity (Wildman–Crippen MR) is 64.0 cm³/mol. The van der Waals surface area contributed by atoms with Gasteiger partial charge in [0.2, 0.25) is 0 Å². The topological polar surface area (TPSA) is 40.9 Å². The summed E-state index contributed by atoms with van der Waals surface area (Å²) >= 11 is 0. The third kappa shape index (κ3) is 3.39. The third-order valence-corrected chi connectivity index (χ3v) is 2.57. The fraction of sp³-hybridized carbons (Fsp3) is 0.429. The fourth-order valence-corrected chi connectivity index (χ4v) is 1.70. The molecule has 90 valence electrons. The summed E-state index contributed by atoms with van der Waals surface area (Å²) in [5, 5.41) is 8.96. The van der Waals surface area contributed by atoms with Crippen LogP contribution in [0.15, 0.2) is 18.2 Å². The summed E-state index contributed by atoms with van der Waals surface area (Å²) < 4.78 is 13.6. The molecule has 0 spiro atoms. The number of carbonyl (C=O) groups is 1. The van der Waals surface area contributed by atoms with Gasteiger partial charge in [0.25, 0.3) is 0 Å². The zero-order chi connectivity index (χ0) is 13.0. The Hall–Kier alpha value is -1.69. The number of nitriles is 1. The number of hydrogen-bond donors (Lipinski definition) is 0. The molecule has 0 amide bonds. The largest absolute Gasteiger partial charge is 0.293 e. The van der Waals surface area contributed by atoms with Gasteiger partial charge >= 0.3 is 0 Å². The van der Waals surface area contributed by atoms with Crippen molar-refractivity contribution in [2.75, 3.05) is 0 Å². The second-order valence-corrected chi connectivity index (χ2v) is 4.66. The van der Waals surface area contributed by atoms with Crippen LogP contribution in [0.2, 0.25) is 0 Å². The van der Waals surface area contributed by atoms with Gasteiger partial charge < -0.3 is 0 Å². The van der Waals surface area contributed by atoms with Crippen molar-refractivity contribution >= 4 is 5.78 Å². The van der Waals surface area contributed by atoms with Crippen LogP contribution < -0.4 is 0 Å². The molecule has 0 fully saturated rings. The average Bonchev–Trinajstić information content (AvgIpc) is 2.24. The van der Waals surface area contributed by atoms with Crippen LogP contribution in [0.3, 0.4) is 0 Å². The van der Waals surface area contributed by atoms with E-state index in [0.717, 1.165) is 5.56 Å². The van der Waals surface area contributed by atoms with E-state index in [-0.39, 0.29) is 11.5 Å². The molecule has 1 unspecified atom stereocenters. The summed E-state index contributed by atoms with van der Waals surface area (Å²) in [6.45, 7) is 5.62. The minimum Gasteiger partial charge on any atom is -0.293 e. The molecule has 1 aromatic carbocycles. The van der Waals surface area contributed by atoms with E-state index in [1.165, 1.54) is 12.1 Å². The van der Waals surface area contributed by atoms with Gasteiger partial charge in [-0.05, 0) is 37.0 Å². The lowest BCUT2D eigenvalue weighted by molar-refractivity contribution is 0.0933. The van der Waals surface area contributed by atoms with E-state index in [2.05, 4.69) is 0 Å². The molecule has 2 nitrogen and oxygen atoms in total. The van der Waals surface area contributed by atoms with Gasteiger partial charge in [0, 0.05) is 0 Å². The van der Waals surface area contributed by atoms with Gasteiger partial charge in [-0.1, -0.05) is 19.9 Å². The predicted octanol–water partition coefficient (Wildman–Crippen LogP) is 3.50. The van der Waals surface area contributed by atoms with E-state index in [1.807, 2.05) is 19.9 Å². The monoisotopic (exact) mass is 233 g/mol. The van der Waals surface area contributed by atoms with Crippen LogP contribution in [0.4, 0.5) is 4.39 Å². The second-order valence-electron chi connectivity index (χ2n) is 4.66. The highest BCUT2D eigenvalue weighted by Crippen LogP contribution is 2.19. The Morgan fingerprint density at radius 3 is 2.59 bits per heavy atom. The molecule has 0 aliphatic carbocycles. The van der Waals surface area contributed by atoms with Crippen molar-refractivity contribution in [2.45, 2.75) is 27.2 Å². The summed E-state index contributed by atoms with van der Waals surface area (Å²) in [7, 11) is 0. The van der Waals surface area contributed by atoms with E-state index >= 15 is 0 Å². The number of carbonyl (C=O) groups excluding carboxylic acids is 1. The normalized spacial score (nSPS) is 12.2. The smallest absolute Gasteiger partial charge is 0.182 e. The first kappa shape index (κ1) is 13.4. The SMILES string of the molecule is Cc1ccc(C(=O)C(C#N)CC(C)C)c(F)c1. The van der Waals surface area contributed by atoms with Crippen LogP contribution in [0, 0.1) is 35.9 Å². The Bertz CT molecular complexity index is 460. The summed E-state index contributed by atoms with van der Waals surface area (Å²) in [6, 6.07) is 6.41. The van der Waals surface area contributed by atoms with Crippen molar-refractivity contribution in [1.82, 2.24) is 0 Å². The first-order valence-corrected chi connectivity index (χ1v) is 5.65. The van der Waals surface area contributed by atoms with E-state index in [0.29, 0.717) is 6.42 Å². The highest BCUT2D eigenvalue weighted by molar-refractivity contribution is 5.99. The van der Waals surface area contributed by atoms with Crippen LogP contribution >= 0.6 is 0 Å². The summed E-state index contributed by atoms with van der Waals surface area (Å²) in [4.78, 5) is 12.0. The molecule has 0 aliphatic heterocycles. The maximum absolute atomic E-state index is 13.6.